The van der Waals surface area contributed by atoms with Crippen LogP contribution in [0.25, 0.3) is 9.81 Å². The van der Waals surface area contributed by atoms with E-state index in [1.165, 1.54) is 42.4 Å². The van der Waals surface area contributed by atoms with Crippen LogP contribution in [0.4, 0.5) is 0 Å². The Kier molecular flexibility index (Phi) is 5.62. The molecule has 1 nitrogen and oxygen atoms in total. The fraction of sp³-hybridized carbons (Fsp3) is 0.333. The molecule has 0 unspecified atom stereocenters. The van der Waals surface area contributed by atoms with Crippen molar-refractivity contribution in [3.63, 3.8) is 0 Å². The van der Waals surface area contributed by atoms with Gasteiger partial charge in [0.1, 0.15) is 5.75 Å². The molecule has 0 atom stereocenters. The molecule has 0 bridgehead atoms. The standard InChI is InChI=1S/C21H24OS2/c1-3-22-19-11-8-14(2)12-18(19)21(24)20(23)17-10-9-15-6-4-5-7-16(15)13-17/h8-13,23-24H,3-7H2,1-2H3/b21-20-. The molecule has 0 aromatic heterocycles. The molecule has 0 heterocycles. The van der Waals surface area contributed by atoms with E-state index in [2.05, 4.69) is 37.3 Å². The normalized spacial score (nSPS) is 14.8. The van der Waals surface area contributed by atoms with Crippen molar-refractivity contribution in [2.45, 2.75) is 39.5 Å². The molecule has 2 aromatic rings. The van der Waals surface area contributed by atoms with Crippen LogP contribution in [0.3, 0.4) is 0 Å². The number of hydrogen-bond donors (Lipinski definition) is 2. The molecular weight excluding hydrogens is 332 g/mol. The number of fused-ring (bicyclic) bond motifs is 1. The van der Waals surface area contributed by atoms with Gasteiger partial charge in [0.25, 0.3) is 0 Å². The van der Waals surface area contributed by atoms with Crippen LogP contribution in [0.15, 0.2) is 36.4 Å². The second-order valence-electron chi connectivity index (χ2n) is 6.32. The molecule has 3 rings (SSSR count). The van der Waals surface area contributed by atoms with Gasteiger partial charge in [-0.2, -0.15) is 0 Å². The maximum absolute atomic E-state index is 5.77. The molecule has 126 valence electrons. The molecule has 0 saturated heterocycles. The lowest BCUT2D eigenvalue weighted by molar-refractivity contribution is 0.339. The van der Waals surface area contributed by atoms with Crippen molar-refractivity contribution in [3.8, 4) is 5.75 Å². The largest absolute Gasteiger partial charge is 0.493 e. The Balaban J connectivity index is 2.03. The minimum absolute atomic E-state index is 0.637. The second kappa shape index (κ2) is 7.71. The van der Waals surface area contributed by atoms with Crippen LogP contribution in [0.5, 0.6) is 5.75 Å². The van der Waals surface area contributed by atoms with Crippen LogP contribution in [0.2, 0.25) is 0 Å². The molecule has 1 aliphatic carbocycles. The lowest BCUT2D eigenvalue weighted by Gasteiger charge is -2.18. The Morgan fingerprint density at radius 1 is 0.958 bits per heavy atom. The Labute approximate surface area is 156 Å². The van der Waals surface area contributed by atoms with E-state index in [-0.39, 0.29) is 0 Å². The van der Waals surface area contributed by atoms with E-state index >= 15 is 0 Å². The number of hydrogen-bond acceptors (Lipinski definition) is 3. The van der Waals surface area contributed by atoms with E-state index in [1.807, 2.05) is 13.0 Å². The van der Waals surface area contributed by atoms with Gasteiger partial charge in [-0.15, -0.1) is 25.3 Å². The number of aryl methyl sites for hydroxylation is 3. The third-order valence-electron chi connectivity index (χ3n) is 4.54. The van der Waals surface area contributed by atoms with E-state index in [0.717, 1.165) is 26.7 Å². The highest BCUT2D eigenvalue weighted by atomic mass is 32.1. The quantitative estimate of drug-likeness (QED) is 0.508. The van der Waals surface area contributed by atoms with Crippen molar-refractivity contribution < 1.29 is 4.74 Å². The fourth-order valence-corrected chi connectivity index (χ4v) is 3.82. The van der Waals surface area contributed by atoms with Gasteiger partial charge in [0.15, 0.2) is 0 Å². The highest BCUT2D eigenvalue weighted by molar-refractivity contribution is 7.96. The van der Waals surface area contributed by atoms with Crippen molar-refractivity contribution in [2.75, 3.05) is 6.61 Å². The summed E-state index contributed by atoms with van der Waals surface area (Å²) in [6.45, 7) is 4.71. The average Bonchev–Trinajstić information content (AvgIpc) is 2.61. The van der Waals surface area contributed by atoms with Gasteiger partial charge >= 0.3 is 0 Å². The Morgan fingerprint density at radius 3 is 2.46 bits per heavy atom. The number of benzene rings is 2. The fourth-order valence-electron chi connectivity index (χ4n) is 3.26. The monoisotopic (exact) mass is 356 g/mol. The van der Waals surface area contributed by atoms with E-state index in [1.54, 1.807) is 0 Å². The summed E-state index contributed by atoms with van der Waals surface area (Å²) < 4.78 is 5.77. The number of rotatable bonds is 4. The van der Waals surface area contributed by atoms with Crippen LogP contribution >= 0.6 is 25.3 Å². The van der Waals surface area contributed by atoms with Gasteiger partial charge < -0.3 is 4.74 Å². The molecule has 0 N–H and O–H groups in total. The van der Waals surface area contributed by atoms with Gasteiger partial charge in [0.05, 0.1) is 6.61 Å². The molecule has 0 radical (unpaired) electrons. The summed E-state index contributed by atoms with van der Waals surface area (Å²) in [4.78, 5) is 1.76. The lowest BCUT2D eigenvalue weighted by atomic mass is 9.90. The Hall–Kier alpha value is -1.32. The molecule has 0 saturated carbocycles. The zero-order chi connectivity index (χ0) is 17.1. The van der Waals surface area contributed by atoms with Crippen molar-refractivity contribution in [1.82, 2.24) is 0 Å². The third-order valence-corrected chi connectivity index (χ3v) is 5.66. The van der Waals surface area contributed by atoms with Gasteiger partial charge in [-0.25, -0.2) is 0 Å². The predicted octanol–water partition coefficient (Wildman–Crippen LogP) is 5.96. The topological polar surface area (TPSA) is 9.23 Å². The number of ether oxygens (including phenoxy) is 1. The first-order chi connectivity index (χ1) is 11.6. The van der Waals surface area contributed by atoms with Gasteiger partial charge in [0.2, 0.25) is 0 Å². The van der Waals surface area contributed by atoms with Crippen molar-refractivity contribution in [3.05, 3.63) is 64.2 Å². The lowest BCUT2D eigenvalue weighted by Crippen LogP contribution is -2.02. The Bertz CT molecular complexity index is 777. The van der Waals surface area contributed by atoms with Crippen LogP contribution in [-0.4, -0.2) is 6.61 Å². The van der Waals surface area contributed by atoms with E-state index in [0.29, 0.717) is 6.61 Å². The first-order valence-corrected chi connectivity index (χ1v) is 9.47. The molecule has 24 heavy (non-hydrogen) atoms. The summed E-state index contributed by atoms with van der Waals surface area (Å²) in [5.74, 6) is 0.859. The maximum Gasteiger partial charge on any atom is 0.127 e. The predicted molar refractivity (Wildman–Crippen MR) is 110 cm³/mol. The highest BCUT2D eigenvalue weighted by Gasteiger charge is 2.14. The average molecular weight is 357 g/mol. The SMILES string of the molecule is CCOc1ccc(C)cc1/C(S)=C(/S)c1ccc2c(c1)CCCC2. The van der Waals surface area contributed by atoms with Crippen molar-refractivity contribution >= 4 is 35.1 Å². The van der Waals surface area contributed by atoms with E-state index < -0.39 is 0 Å². The second-order valence-corrected chi connectivity index (χ2v) is 7.21. The minimum atomic E-state index is 0.637. The van der Waals surface area contributed by atoms with Crippen molar-refractivity contribution in [1.29, 1.82) is 0 Å². The first-order valence-electron chi connectivity index (χ1n) is 8.58. The highest BCUT2D eigenvalue weighted by Crippen LogP contribution is 2.38. The van der Waals surface area contributed by atoms with Crippen LogP contribution < -0.4 is 4.74 Å². The number of thiol groups is 2. The summed E-state index contributed by atoms with van der Waals surface area (Å²) in [5.41, 5.74) is 6.26. The van der Waals surface area contributed by atoms with Gasteiger partial charge in [-0.1, -0.05) is 29.8 Å². The summed E-state index contributed by atoms with van der Waals surface area (Å²) in [6, 6.07) is 12.9. The third kappa shape index (κ3) is 3.68. The maximum atomic E-state index is 5.77. The molecular formula is C21H24OS2. The molecule has 0 aliphatic heterocycles. The summed E-state index contributed by atoms with van der Waals surface area (Å²) in [6.07, 6.45) is 4.94. The molecule has 0 fully saturated rings. The van der Waals surface area contributed by atoms with Gasteiger partial charge in [-0.05, 0) is 68.4 Å². The van der Waals surface area contributed by atoms with E-state index in [4.69, 9.17) is 30.0 Å². The van der Waals surface area contributed by atoms with Crippen molar-refractivity contribution in [2.24, 2.45) is 0 Å². The smallest absolute Gasteiger partial charge is 0.127 e. The molecule has 1 aliphatic rings. The Morgan fingerprint density at radius 2 is 1.71 bits per heavy atom. The molecule has 3 heteroatoms. The summed E-state index contributed by atoms with van der Waals surface area (Å²) in [7, 11) is 0. The molecule has 0 amide bonds. The summed E-state index contributed by atoms with van der Waals surface area (Å²) in [5, 5.41) is 0. The van der Waals surface area contributed by atoms with E-state index in [9.17, 15) is 0 Å². The van der Waals surface area contributed by atoms with Crippen LogP contribution in [0, 0.1) is 6.92 Å². The first kappa shape index (κ1) is 17.5. The molecule has 2 aromatic carbocycles. The van der Waals surface area contributed by atoms with Gasteiger partial charge in [-0.3, -0.25) is 0 Å². The zero-order valence-electron chi connectivity index (χ0n) is 14.3. The zero-order valence-corrected chi connectivity index (χ0v) is 16.1. The van der Waals surface area contributed by atoms with Crippen LogP contribution in [-0.2, 0) is 12.8 Å². The van der Waals surface area contributed by atoms with Gasteiger partial charge in [0, 0.05) is 15.4 Å². The minimum Gasteiger partial charge on any atom is -0.493 e. The molecule has 0 spiro atoms. The van der Waals surface area contributed by atoms with Crippen LogP contribution in [0.1, 0.15) is 47.6 Å². The summed E-state index contributed by atoms with van der Waals surface area (Å²) >= 11 is 9.58.